The second kappa shape index (κ2) is 6.18. The molecule has 2 atom stereocenters. The maximum absolute atomic E-state index is 13.3. The molecule has 24 heavy (non-hydrogen) atoms. The van der Waals surface area contributed by atoms with E-state index in [4.69, 9.17) is 9.15 Å². The minimum Gasteiger partial charge on any atom is -0.451 e. The fourth-order valence-corrected chi connectivity index (χ4v) is 3.78. The molecular formula is C18H21FN2O3. The molecule has 6 heteroatoms. The largest absolute Gasteiger partial charge is 0.451 e. The Morgan fingerprint density at radius 2 is 2.00 bits per heavy atom. The van der Waals surface area contributed by atoms with Crippen LogP contribution in [0.2, 0.25) is 0 Å². The van der Waals surface area contributed by atoms with E-state index in [2.05, 4.69) is 11.8 Å². The van der Waals surface area contributed by atoms with E-state index in [0.29, 0.717) is 36.0 Å². The van der Waals surface area contributed by atoms with Crippen LogP contribution in [-0.4, -0.2) is 61.1 Å². The first-order valence-electron chi connectivity index (χ1n) is 8.42. The minimum absolute atomic E-state index is 0.116. The predicted octanol–water partition coefficient (Wildman–Crippen LogP) is 2.36. The molecule has 0 aliphatic carbocycles. The third-order valence-corrected chi connectivity index (χ3v) is 5.06. The molecule has 2 aliphatic heterocycles. The van der Waals surface area contributed by atoms with Gasteiger partial charge in [0.15, 0.2) is 5.76 Å². The van der Waals surface area contributed by atoms with Crippen molar-refractivity contribution in [2.75, 3.05) is 39.4 Å². The van der Waals surface area contributed by atoms with Gasteiger partial charge >= 0.3 is 0 Å². The number of carbonyl (C=O) groups excluding carboxylic acids is 1. The summed E-state index contributed by atoms with van der Waals surface area (Å²) in [6, 6.07) is 6.28. The highest BCUT2D eigenvalue weighted by Gasteiger charge is 2.37. The number of benzene rings is 1. The van der Waals surface area contributed by atoms with E-state index < -0.39 is 0 Å². The van der Waals surface area contributed by atoms with E-state index in [0.717, 1.165) is 26.3 Å². The van der Waals surface area contributed by atoms with Gasteiger partial charge in [0.1, 0.15) is 11.4 Å². The van der Waals surface area contributed by atoms with Crippen molar-refractivity contribution in [1.82, 2.24) is 9.80 Å². The second-order valence-electron chi connectivity index (χ2n) is 6.70. The number of likely N-dealkylation sites (tertiary alicyclic amines) is 1. The predicted molar refractivity (Wildman–Crippen MR) is 87.4 cm³/mol. The fourth-order valence-electron chi connectivity index (χ4n) is 3.78. The summed E-state index contributed by atoms with van der Waals surface area (Å²) in [5.41, 5.74) is 0.539. The van der Waals surface area contributed by atoms with Crippen LogP contribution in [0.25, 0.3) is 11.0 Å². The van der Waals surface area contributed by atoms with Crippen molar-refractivity contribution in [3.8, 4) is 0 Å². The van der Waals surface area contributed by atoms with Crippen LogP contribution in [0.15, 0.2) is 28.7 Å². The lowest BCUT2D eigenvalue weighted by Crippen LogP contribution is -2.47. The van der Waals surface area contributed by atoms with E-state index in [1.807, 2.05) is 4.90 Å². The summed E-state index contributed by atoms with van der Waals surface area (Å²) in [5, 5.41) is 0.621. The first-order valence-corrected chi connectivity index (χ1v) is 8.42. The van der Waals surface area contributed by atoms with Gasteiger partial charge in [-0.2, -0.15) is 0 Å². The van der Waals surface area contributed by atoms with Crippen molar-refractivity contribution in [2.24, 2.45) is 5.92 Å². The number of hydrogen-bond donors (Lipinski definition) is 0. The molecule has 0 unspecified atom stereocenters. The van der Waals surface area contributed by atoms with E-state index in [1.165, 1.54) is 12.1 Å². The summed E-state index contributed by atoms with van der Waals surface area (Å²) in [6.07, 6.45) is 0. The molecule has 5 nitrogen and oxygen atoms in total. The van der Waals surface area contributed by atoms with Crippen LogP contribution in [0.3, 0.4) is 0 Å². The number of nitrogens with zero attached hydrogens (tertiary/aromatic N) is 2. The molecular weight excluding hydrogens is 311 g/mol. The van der Waals surface area contributed by atoms with Crippen molar-refractivity contribution in [2.45, 2.75) is 13.0 Å². The summed E-state index contributed by atoms with van der Waals surface area (Å²) in [7, 11) is 0. The second-order valence-corrected chi connectivity index (χ2v) is 6.70. The Labute approximate surface area is 140 Å². The Morgan fingerprint density at radius 1 is 1.21 bits per heavy atom. The summed E-state index contributed by atoms with van der Waals surface area (Å²) < 4.78 is 24.3. The highest BCUT2D eigenvalue weighted by Crippen LogP contribution is 2.26. The Kier molecular flexibility index (Phi) is 4.02. The van der Waals surface area contributed by atoms with Gasteiger partial charge in [-0.3, -0.25) is 9.69 Å². The molecule has 4 rings (SSSR count). The number of hydrogen-bond acceptors (Lipinski definition) is 4. The highest BCUT2D eigenvalue weighted by atomic mass is 19.1. The summed E-state index contributed by atoms with van der Waals surface area (Å²) in [6.45, 7) is 6.94. The van der Waals surface area contributed by atoms with Crippen LogP contribution in [-0.2, 0) is 4.74 Å². The normalized spacial score (nSPS) is 25.5. The lowest BCUT2D eigenvalue weighted by atomic mass is 10.0. The molecule has 1 aromatic heterocycles. The maximum atomic E-state index is 13.3. The van der Waals surface area contributed by atoms with Gasteiger partial charge in [-0.15, -0.1) is 0 Å². The van der Waals surface area contributed by atoms with Gasteiger partial charge in [0.05, 0.1) is 13.2 Å². The number of rotatable bonds is 2. The summed E-state index contributed by atoms with van der Waals surface area (Å²) in [4.78, 5) is 17.0. The molecule has 0 radical (unpaired) electrons. The molecule has 2 aromatic rings. The van der Waals surface area contributed by atoms with Crippen molar-refractivity contribution >= 4 is 16.9 Å². The van der Waals surface area contributed by atoms with Crippen LogP contribution in [0.4, 0.5) is 4.39 Å². The first kappa shape index (κ1) is 15.6. The van der Waals surface area contributed by atoms with Gasteiger partial charge in [-0.05, 0) is 30.2 Å². The zero-order chi connectivity index (χ0) is 16.7. The fraction of sp³-hybridized carbons (Fsp3) is 0.500. The van der Waals surface area contributed by atoms with Crippen molar-refractivity contribution in [1.29, 1.82) is 0 Å². The number of halogens is 1. The van der Waals surface area contributed by atoms with Gasteiger partial charge < -0.3 is 14.1 Å². The number of ether oxygens (including phenoxy) is 1. The van der Waals surface area contributed by atoms with Crippen LogP contribution >= 0.6 is 0 Å². The molecule has 0 saturated carbocycles. The molecule has 2 fully saturated rings. The van der Waals surface area contributed by atoms with Gasteiger partial charge in [0, 0.05) is 37.6 Å². The molecule has 0 N–H and O–H groups in total. The maximum Gasteiger partial charge on any atom is 0.289 e. The van der Waals surface area contributed by atoms with Gasteiger partial charge in [0.25, 0.3) is 5.91 Å². The van der Waals surface area contributed by atoms with Crippen molar-refractivity contribution in [3.63, 3.8) is 0 Å². The summed E-state index contributed by atoms with van der Waals surface area (Å²) >= 11 is 0. The van der Waals surface area contributed by atoms with Crippen LogP contribution in [0.1, 0.15) is 17.5 Å². The summed E-state index contributed by atoms with van der Waals surface area (Å²) in [5.74, 6) is 0.248. The number of amides is 1. The molecule has 0 bridgehead atoms. The molecule has 2 aliphatic rings. The first-order chi connectivity index (χ1) is 11.6. The van der Waals surface area contributed by atoms with E-state index >= 15 is 0 Å². The lowest BCUT2D eigenvalue weighted by molar-refractivity contribution is 0.0119. The number of morpholine rings is 1. The van der Waals surface area contributed by atoms with Crippen molar-refractivity contribution in [3.05, 3.63) is 35.8 Å². The Bertz CT molecular complexity index is 754. The molecule has 1 aromatic carbocycles. The average Bonchev–Trinajstić information content (AvgIpc) is 3.18. The van der Waals surface area contributed by atoms with Crippen molar-refractivity contribution < 1.29 is 18.3 Å². The Morgan fingerprint density at radius 3 is 2.79 bits per heavy atom. The SMILES string of the molecule is C[C@H]1CN(C(=O)c2cc3cc(F)ccc3o2)C[C@@H]1N1CCOCC1. The third-order valence-electron chi connectivity index (χ3n) is 5.06. The molecule has 0 spiro atoms. The lowest BCUT2D eigenvalue weighted by Gasteiger charge is -2.33. The smallest absolute Gasteiger partial charge is 0.289 e. The van der Waals surface area contributed by atoms with E-state index in [1.54, 1.807) is 12.1 Å². The van der Waals surface area contributed by atoms with Gasteiger partial charge in [0.2, 0.25) is 0 Å². The van der Waals surface area contributed by atoms with E-state index in [9.17, 15) is 9.18 Å². The van der Waals surface area contributed by atoms with Gasteiger partial charge in [-0.25, -0.2) is 4.39 Å². The van der Waals surface area contributed by atoms with Gasteiger partial charge in [-0.1, -0.05) is 6.92 Å². The average molecular weight is 332 g/mol. The Hall–Kier alpha value is -1.92. The third kappa shape index (κ3) is 2.80. The molecule has 3 heterocycles. The molecule has 1 amide bonds. The number of furan rings is 1. The topological polar surface area (TPSA) is 45.9 Å². The van der Waals surface area contributed by atoms with E-state index in [-0.39, 0.29) is 17.5 Å². The number of fused-ring (bicyclic) bond motifs is 1. The quantitative estimate of drug-likeness (QED) is 0.847. The van der Waals surface area contributed by atoms with Crippen LogP contribution < -0.4 is 0 Å². The molecule has 128 valence electrons. The molecule has 2 saturated heterocycles. The zero-order valence-electron chi connectivity index (χ0n) is 13.7. The highest BCUT2D eigenvalue weighted by molar-refractivity contribution is 5.96. The zero-order valence-corrected chi connectivity index (χ0v) is 13.7. The monoisotopic (exact) mass is 332 g/mol. The van der Waals surface area contributed by atoms with Crippen LogP contribution in [0.5, 0.6) is 0 Å². The standard InChI is InChI=1S/C18H21FN2O3/c1-12-10-21(11-15(12)20-4-6-23-7-5-20)18(22)17-9-13-8-14(19)2-3-16(13)24-17/h2-3,8-9,12,15H,4-7,10-11H2,1H3/t12-,15-/m0/s1. The minimum atomic E-state index is -0.329. The van der Waals surface area contributed by atoms with Crippen LogP contribution in [0, 0.1) is 11.7 Å². The Balaban J connectivity index is 1.51. The number of carbonyl (C=O) groups is 1.